The number of hydrogen-bond acceptors (Lipinski definition) is 5. The van der Waals surface area contributed by atoms with Crippen LogP contribution in [0.5, 0.6) is 0 Å². The predicted octanol–water partition coefficient (Wildman–Crippen LogP) is 1.71. The summed E-state index contributed by atoms with van der Waals surface area (Å²) in [5.41, 5.74) is -1.21. The highest BCUT2D eigenvalue weighted by atomic mass is 32.2. The second-order valence-electron chi connectivity index (χ2n) is 6.38. The SMILES string of the molecule is Cc1noc(C)c1S(=O)(=O)N1CCC(F)(C(=O)NCc2ccccc2)C1. The fourth-order valence-corrected chi connectivity index (χ4v) is 4.81. The molecule has 0 radical (unpaired) electrons. The first kappa shape index (κ1) is 18.5. The first-order valence-electron chi connectivity index (χ1n) is 8.18. The number of halogens is 1. The number of rotatable bonds is 5. The van der Waals surface area contributed by atoms with Gasteiger partial charge in [0.2, 0.25) is 15.7 Å². The number of hydrogen-bond donors (Lipinski definition) is 1. The first-order valence-corrected chi connectivity index (χ1v) is 9.62. The van der Waals surface area contributed by atoms with Crippen LogP contribution in [0.25, 0.3) is 0 Å². The van der Waals surface area contributed by atoms with Crippen LogP contribution < -0.4 is 5.32 Å². The number of amides is 1. The molecular weight excluding hydrogens is 361 g/mol. The molecule has 1 N–H and O–H groups in total. The Labute approximate surface area is 151 Å². The van der Waals surface area contributed by atoms with Crippen LogP contribution in [0, 0.1) is 13.8 Å². The molecule has 0 bridgehead atoms. The van der Waals surface area contributed by atoms with E-state index in [-0.39, 0.29) is 35.9 Å². The molecule has 1 unspecified atom stereocenters. The summed E-state index contributed by atoms with van der Waals surface area (Å²) in [4.78, 5) is 12.2. The molecule has 1 amide bonds. The molecule has 1 fully saturated rings. The van der Waals surface area contributed by atoms with Gasteiger partial charge in [-0.3, -0.25) is 4.79 Å². The van der Waals surface area contributed by atoms with Crippen LogP contribution in [0.15, 0.2) is 39.8 Å². The number of sulfonamides is 1. The standard InChI is InChI=1S/C17H20FN3O4S/c1-12-15(13(2)25-20-12)26(23,24)21-9-8-17(18,11-21)16(22)19-10-14-6-4-3-5-7-14/h3-7H,8-11H2,1-2H3,(H,19,22). The molecule has 1 aromatic carbocycles. The number of aromatic nitrogens is 1. The van der Waals surface area contributed by atoms with Gasteiger partial charge in [-0.05, 0) is 19.4 Å². The topological polar surface area (TPSA) is 92.5 Å². The molecule has 1 saturated heterocycles. The lowest BCUT2D eigenvalue weighted by Crippen LogP contribution is -2.45. The monoisotopic (exact) mass is 381 g/mol. The van der Waals surface area contributed by atoms with Crippen molar-refractivity contribution in [1.82, 2.24) is 14.8 Å². The summed E-state index contributed by atoms with van der Waals surface area (Å²) in [6.07, 6.45) is -0.198. The third kappa shape index (κ3) is 3.36. The summed E-state index contributed by atoms with van der Waals surface area (Å²) in [7, 11) is -3.97. The van der Waals surface area contributed by atoms with Gasteiger partial charge in [0, 0.05) is 19.5 Å². The molecular formula is C17H20FN3O4S. The number of nitrogens with one attached hydrogen (secondary N) is 1. The van der Waals surface area contributed by atoms with E-state index in [4.69, 9.17) is 4.52 Å². The minimum atomic E-state index is -3.97. The third-order valence-corrected chi connectivity index (χ3v) is 6.54. The van der Waals surface area contributed by atoms with Crippen molar-refractivity contribution in [2.45, 2.75) is 37.4 Å². The Balaban J connectivity index is 1.71. The molecule has 7 nitrogen and oxygen atoms in total. The molecule has 1 aromatic heterocycles. The molecule has 1 aliphatic rings. The van der Waals surface area contributed by atoms with Crippen molar-refractivity contribution in [1.29, 1.82) is 0 Å². The molecule has 0 saturated carbocycles. The average molecular weight is 381 g/mol. The van der Waals surface area contributed by atoms with Gasteiger partial charge >= 0.3 is 0 Å². The summed E-state index contributed by atoms with van der Waals surface area (Å²) in [5.74, 6) is -0.662. The summed E-state index contributed by atoms with van der Waals surface area (Å²) < 4.78 is 46.5. The van der Waals surface area contributed by atoms with Gasteiger partial charge < -0.3 is 9.84 Å². The van der Waals surface area contributed by atoms with Crippen molar-refractivity contribution in [2.75, 3.05) is 13.1 Å². The molecule has 0 aliphatic carbocycles. The number of benzene rings is 1. The zero-order valence-electron chi connectivity index (χ0n) is 14.5. The van der Waals surface area contributed by atoms with E-state index in [2.05, 4.69) is 10.5 Å². The second-order valence-corrected chi connectivity index (χ2v) is 8.25. The van der Waals surface area contributed by atoms with Crippen molar-refractivity contribution >= 4 is 15.9 Å². The maximum atomic E-state index is 15.1. The minimum absolute atomic E-state index is 0.0635. The summed E-state index contributed by atoms with van der Waals surface area (Å²) in [6.45, 7) is 2.57. The van der Waals surface area contributed by atoms with Crippen LogP contribution in [0.1, 0.15) is 23.4 Å². The van der Waals surface area contributed by atoms with Crippen molar-refractivity contribution in [3.8, 4) is 0 Å². The Morgan fingerprint density at radius 1 is 1.35 bits per heavy atom. The van der Waals surface area contributed by atoms with E-state index in [0.29, 0.717) is 0 Å². The summed E-state index contributed by atoms with van der Waals surface area (Å²) in [6, 6.07) is 9.11. The quantitative estimate of drug-likeness (QED) is 0.851. The number of nitrogens with zero attached hydrogens (tertiary/aromatic N) is 2. The van der Waals surface area contributed by atoms with Gasteiger partial charge in [-0.25, -0.2) is 12.8 Å². The zero-order chi connectivity index (χ0) is 18.9. The van der Waals surface area contributed by atoms with Crippen molar-refractivity contribution in [3.05, 3.63) is 47.3 Å². The van der Waals surface area contributed by atoms with Crippen molar-refractivity contribution in [2.24, 2.45) is 0 Å². The summed E-state index contributed by atoms with van der Waals surface area (Å²) in [5, 5.41) is 6.18. The fourth-order valence-electron chi connectivity index (χ4n) is 3.04. The smallest absolute Gasteiger partial charge is 0.259 e. The molecule has 140 valence electrons. The van der Waals surface area contributed by atoms with Crippen LogP contribution in [0.4, 0.5) is 4.39 Å². The third-order valence-electron chi connectivity index (χ3n) is 4.45. The van der Waals surface area contributed by atoms with E-state index in [1.54, 1.807) is 0 Å². The molecule has 2 heterocycles. The van der Waals surface area contributed by atoms with E-state index >= 15 is 4.39 Å². The van der Waals surface area contributed by atoms with Gasteiger partial charge in [0.1, 0.15) is 10.6 Å². The van der Waals surface area contributed by atoms with Gasteiger partial charge in [-0.1, -0.05) is 35.5 Å². The Bertz CT molecular complexity index is 894. The molecule has 1 atom stereocenters. The Morgan fingerprint density at radius 2 is 2.04 bits per heavy atom. The highest BCUT2D eigenvalue weighted by Crippen LogP contribution is 2.32. The van der Waals surface area contributed by atoms with Gasteiger partial charge in [0.15, 0.2) is 5.76 Å². The normalized spacial score (nSPS) is 21.0. The minimum Gasteiger partial charge on any atom is -0.360 e. The molecule has 2 aromatic rings. The van der Waals surface area contributed by atoms with E-state index in [1.165, 1.54) is 13.8 Å². The fraction of sp³-hybridized carbons (Fsp3) is 0.412. The van der Waals surface area contributed by atoms with Crippen LogP contribution >= 0.6 is 0 Å². The van der Waals surface area contributed by atoms with E-state index in [9.17, 15) is 13.2 Å². The average Bonchev–Trinajstić information content (AvgIpc) is 3.18. The Morgan fingerprint density at radius 3 is 2.65 bits per heavy atom. The Hall–Kier alpha value is -2.26. The second kappa shape index (κ2) is 6.81. The maximum Gasteiger partial charge on any atom is 0.259 e. The van der Waals surface area contributed by atoms with E-state index < -0.39 is 28.1 Å². The van der Waals surface area contributed by atoms with Gasteiger partial charge in [0.05, 0.1) is 6.54 Å². The number of alkyl halides is 1. The maximum absolute atomic E-state index is 15.1. The largest absolute Gasteiger partial charge is 0.360 e. The van der Waals surface area contributed by atoms with Crippen LogP contribution in [-0.4, -0.2) is 42.5 Å². The number of aryl methyl sites for hydroxylation is 2. The highest BCUT2D eigenvalue weighted by Gasteiger charge is 2.49. The molecule has 3 rings (SSSR count). The molecule has 26 heavy (non-hydrogen) atoms. The van der Waals surface area contributed by atoms with Crippen molar-refractivity contribution < 1.29 is 22.1 Å². The molecule has 0 spiro atoms. The van der Waals surface area contributed by atoms with Crippen molar-refractivity contribution in [3.63, 3.8) is 0 Å². The zero-order valence-corrected chi connectivity index (χ0v) is 15.3. The molecule has 1 aliphatic heterocycles. The number of carbonyl (C=O) groups is 1. The van der Waals surface area contributed by atoms with Crippen LogP contribution in [0.2, 0.25) is 0 Å². The first-order chi connectivity index (χ1) is 12.2. The lowest BCUT2D eigenvalue weighted by Gasteiger charge is -2.20. The van der Waals surface area contributed by atoms with E-state index in [1.807, 2.05) is 30.3 Å². The van der Waals surface area contributed by atoms with Gasteiger partial charge in [-0.15, -0.1) is 0 Å². The predicted molar refractivity (Wildman–Crippen MR) is 91.5 cm³/mol. The van der Waals surface area contributed by atoms with Gasteiger partial charge in [-0.2, -0.15) is 4.31 Å². The van der Waals surface area contributed by atoms with E-state index in [0.717, 1.165) is 9.87 Å². The lowest BCUT2D eigenvalue weighted by atomic mass is 10.0. The lowest BCUT2D eigenvalue weighted by molar-refractivity contribution is -0.132. The highest BCUT2D eigenvalue weighted by molar-refractivity contribution is 7.89. The molecule has 9 heteroatoms. The van der Waals surface area contributed by atoms with Crippen LogP contribution in [-0.2, 0) is 21.4 Å². The van der Waals surface area contributed by atoms with Crippen LogP contribution in [0.3, 0.4) is 0 Å². The number of carbonyl (C=O) groups excluding carboxylic acids is 1. The summed E-state index contributed by atoms with van der Waals surface area (Å²) >= 11 is 0. The Kier molecular flexibility index (Phi) is 4.85. The van der Waals surface area contributed by atoms with Gasteiger partial charge in [0.25, 0.3) is 5.91 Å².